The highest BCUT2D eigenvalue weighted by Crippen LogP contribution is 2.30. The highest BCUT2D eigenvalue weighted by Gasteiger charge is 2.51. The molecule has 0 aromatic heterocycles. The highest BCUT2D eigenvalue weighted by molar-refractivity contribution is 5.76. The van der Waals surface area contributed by atoms with E-state index in [0.717, 1.165) is 135 Å². The van der Waals surface area contributed by atoms with Crippen LogP contribution in [0.2, 0.25) is 0 Å². The maximum Gasteiger partial charge on any atom is 0.220 e. The van der Waals surface area contributed by atoms with Crippen LogP contribution < -0.4 is 5.32 Å². The van der Waals surface area contributed by atoms with Crippen LogP contribution in [0.1, 0.15) is 168 Å². The van der Waals surface area contributed by atoms with E-state index in [1.54, 1.807) is 6.08 Å². The summed E-state index contributed by atoms with van der Waals surface area (Å²) in [6.07, 6.45) is 62.0. The van der Waals surface area contributed by atoms with Crippen molar-refractivity contribution in [2.75, 3.05) is 19.8 Å². The fourth-order valence-electron chi connectivity index (χ4n) is 8.80. The molecule has 0 radical (unpaired) electrons. The number of hydrogen-bond donors (Lipinski definition) is 9. The van der Waals surface area contributed by atoms with Crippen LogP contribution in [-0.4, -0.2) is 140 Å². The quantitative estimate of drug-likeness (QED) is 0.0204. The van der Waals surface area contributed by atoms with E-state index in [0.29, 0.717) is 6.42 Å². The van der Waals surface area contributed by atoms with Crippen LogP contribution in [0.5, 0.6) is 0 Å². The molecule has 2 aliphatic heterocycles. The minimum Gasteiger partial charge on any atom is -0.394 e. The van der Waals surface area contributed by atoms with Crippen LogP contribution in [0.4, 0.5) is 0 Å². The molecular formula is C68H107NO13. The Morgan fingerprint density at radius 1 is 0.451 bits per heavy atom. The summed E-state index contributed by atoms with van der Waals surface area (Å²) < 4.78 is 22.6. The molecule has 1 amide bonds. The second kappa shape index (κ2) is 51.1. The topological polar surface area (TPSA) is 228 Å². The van der Waals surface area contributed by atoms with Gasteiger partial charge in [0, 0.05) is 6.42 Å². The van der Waals surface area contributed by atoms with E-state index in [9.17, 15) is 45.6 Å². The first kappa shape index (κ1) is 73.7. The summed E-state index contributed by atoms with van der Waals surface area (Å²) in [4.78, 5) is 13.2. The first-order valence-corrected chi connectivity index (χ1v) is 30.7. The number of aliphatic hydroxyl groups is 8. The molecule has 2 rings (SSSR count). The first-order valence-electron chi connectivity index (χ1n) is 30.7. The number of ether oxygens (including phenoxy) is 4. The van der Waals surface area contributed by atoms with Crippen molar-refractivity contribution in [1.82, 2.24) is 5.32 Å². The fraction of sp³-hybridized carbons (Fsp3) is 0.603. The summed E-state index contributed by atoms with van der Waals surface area (Å²) in [5.41, 5.74) is 0. The molecule has 2 heterocycles. The van der Waals surface area contributed by atoms with Crippen LogP contribution in [0.25, 0.3) is 0 Å². The van der Waals surface area contributed by atoms with Crippen molar-refractivity contribution in [3.63, 3.8) is 0 Å². The van der Waals surface area contributed by atoms with Gasteiger partial charge in [0.15, 0.2) is 12.6 Å². The summed E-state index contributed by atoms with van der Waals surface area (Å²) in [7, 11) is 0. The van der Waals surface area contributed by atoms with Gasteiger partial charge in [-0.2, -0.15) is 0 Å². The molecule has 0 bridgehead atoms. The average molecular weight is 1150 g/mol. The Morgan fingerprint density at radius 2 is 0.841 bits per heavy atom. The zero-order chi connectivity index (χ0) is 59.5. The maximum absolute atomic E-state index is 13.2. The van der Waals surface area contributed by atoms with Gasteiger partial charge in [0.05, 0.1) is 32.0 Å². The van der Waals surface area contributed by atoms with Gasteiger partial charge < -0.3 is 65.1 Å². The number of amides is 1. The maximum atomic E-state index is 13.2. The SMILES string of the molecule is CC/C=C\C/C=C\C/C=C\C/C=C\C/C=C\C/C=C\C/C=C\C/C=C\C/C=C\C/C=C\C/C=C\C/C=C\CCCCCCC(=O)NC(COC1OC(CO)C(OC2OC(CO)C(O)C(O)C2O)C(O)C1O)C(O)/C=C/CCCCCCC. The molecule has 82 heavy (non-hydrogen) atoms. The molecule has 2 fully saturated rings. The van der Waals surface area contributed by atoms with Gasteiger partial charge >= 0.3 is 0 Å². The molecule has 2 saturated heterocycles. The normalized spacial score (nSPS) is 25.1. The van der Waals surface area contributed by atoms with E-state index in [1.165, 1.54) is 6.42 Å². The number of nitrogens with one attached hydrogen (secondary N) is 1. The largest absolute Gasteiger partial charge is 0.394 e. The highest BCUT2D eigenvalue weighted by atomic mass is 16.7. The van der Waals surface area contributed by atoms with E-state index in [1.807, 2.05) is 6.08 Å². The second-order valence-electron chi connectivity index (χ2n) is 20.7. The molecule has 0 spiro atoms. The van der Waals surface area contributed by atoms with Crippen LogP contribution in [0.3, 0.4) is 0 Å². The van der Waals surface area contributed by atoms with E-state index >= 15 is 0 Å². The number of unbranched alkanes of at least 4 members (excludes halogenated alkanes) is 9. The zero-order valence-corrected chi connectivity index (χ0v) is 49.7. The minimum absolute atomic E-state index is 0.240. The monoisotopic (exact) mass is 1150 g/mol. The number of allylic oxidation sites excluding steroid dienone is 25. The van der Waals surface area contributed by atoms with E-state index in [4.69, 9.17) is 18.9 Å². The molecule has 12 unspecified atom stereocenters. The van der Waals surface area contributed by atoms with Crippen molar-refractivity contribution >= 4 is 5.91 Å². The molecule has 0 saturated carbocycles. The van der Waals surface area contributed by atoms with Gasteiger partial charge in [-0.25, -0.2) is 0 Å². The standard InChI is InChI=1S/C68H107NO13/c1-3-5-7-9-11-12-13-14-15-16-17-18-19-20-21-22-23-24-25-26-27-28-29-30-31-32-33-34-35-36-37-38-39-40-41-42-43-44-46-48-50-52-60(73)69-56(57(72)51-49-47-45-10-8-6-4-2)55-79-67-65(78)63(76)66(59(54-71)81-67)82-68-64(77)62(75)61(74)58(53-70)80-68/h5,7,11-12,14-15,17-18,20-21,23-24,26-27,29-30,32-33,35-36,38-39,41-42,49,51,56-59,61-68,70-72,74-78H,3-4,6,8-10,13,16,19,22,25,28,31,34,37,40,43-48,50,52-55H2,1-2H3,(H,69,73)/b7-5-,12-11-,15-14-,18-17-,21-20-,24-23-,27-26-,30-29-,33-32-,36-35-,39-38-,42-41-,51-49+. The molecule has 9 N–H and O–H groups in total. The Bertz CT molecular complexity index is 1980. The van der Waals surface area contributed by atoms with Crippen molar-refractivity contribution in [2.24, 2.45) is 0 Å². The van der Waals surface area contributed by atoms with Crippen molar-refractivity contribution < 1.29 is 64.6 Å². The Kier molecular flexibility index (Phi) is 45.9. The summed E-state index contributed by atoms with van der Waals surface area (Å²) in [5, 5.41) is 86.6. The Balaban J connectivity index is 1.60. The summed E-state index contributed by atoms with van der Waals surface area (Å²) in [5.74, 6) is -0.277. The number of aliphatic hydroxyl groups excluding tert-OH is 8. The number of rotatable bonds is 46. The van der Waals surface area contributed by atoms with E-state index in [-0.39, 0.29) is 18.9 Å². The van der Waals surface area contributed by atoms with Crippen LogP contribution in [-0.2, 0) is 23.7 Å². The predicted molar refractivity (Wildman–Crippen MR) is 331 cm³/mol. The third kappa shape index (κ3) is 35.7. The lowest BCUT2D eigenvalue weighted by molar-refractivity contribution is -0.359. The molecular weight excluding hydrogens is 1040 g/mol. The van der Waals surface area contributed by atoms with Gasteiger partial charge in [0.25, 0.3) is 0 Å². The number of carbonyl (C=O) groups is 1. The minimum atomic E-state index is -1.80. The molecule has 14 nitrogen and oxygen atoms in total. The molecule has 2 aliphatic rings. The van der Waals surface area contributed by atoms with E-state index in [2.05, 4.69) is 165 Å². The van der Waals surface area contributed by atoms with Crippen molar-refractivity contribution in [2.45, 2.75) is 242 Å². The van der Waals surface area contributed by atoms with Crippen LogP contribution >= 0.6 is 0 Å². The summed E-state index contributed by atoms with van der Waals surface area (Å²) >= 11 is 0. The van der Waals surface area contributed by atoms with Crippen molar-refractivity contribution in [3.05, 3.63) is 158 Å². The van der Waals surface area contributed by atoms with Gasteiger partial charge in [-0.05, 0) is 109 Å². The van der Waals surface area contributed by atoms with Gasteiger partial charge in [0.1, 0.15) is 48.8 Å². The molecule has 0 aromatic carbocycles. The smallest absolute Gasteiger partial charge is 0.220 e. The van der Waals surface area contributed by atoms with Crippen molar-refractivity contribution in [1.29, 1.82) is 0 Å². The molecule has 14 heteroatoms. The lowest BCUT2D eigenvalue weighted by Crippen LogP contribution is -2.65. The third-order valence-corrected chi connectivity index (χ3v) is 13.7. The van der Waals surface area contributed by atoms with Gasteiger partial charge in [-0.3, -0.25) is 4.79 Å². The molecule has 462 valence electrons. The summed E-state index contributed by atoms with van der Waals surface area (Å²) in [6, 6.07) is -0.937. The Morgan fingerprint density at radius 3 is 1.28 bits per heavy atom. The predicted octanol–water partition coefficient (Wildman–Crippen LogP) is 11.1. The lowest BCUT2D eigenvalue weighted by atomic mass is 9.97. The molecule has 12 atom stereocenters. The second-order valence-corrected chi connectivity index (χ2v) is 20.7. The fourth-order valence-corrected chi connectivity index (χ4v) is 8.80. The molecule has 0 aromatic rings. The average Bonchev–Trinajstić information content (AvgIpc) is 3.65. The van der Waals surface area contributed by atoms with Gasteiger partial charge in [-0.1, -0.05) is 210 Å². The van der Waals surface area contributed by atoms with E-state index < -0.39 is 86.8 Å². The Labute approximate surface area is 493 Å². The van der Waals surface area contributed by atoms with Gasteiger partial charge in [0.2, 0.25) is 5.91 Å². The number of carbonyl (C=O) groups excluding carboxylic acids is 1. The molecule has 0 aliphatic carbocycles. The van der Waals surface area contributed by atoms with Crippen LogP contribution in [0, 0.1) is 0 Å². The Hall–Kier alpha value is -4.39. The van der Waals surface area contributed by atoms with Crippen LogP contribution in [0.15, 0.2) is 158 Å². The third-order valence-electron chi connectivity index (χ3n) is 13.7. The van der Waals surface area contributed by atoms with Crippen molar-refractivity contribution in [3.8, 4) is 0 Å². The zero-order valence-electron chi connectivity index (χ0n) is 49.7. The lowest BCUT2D eigenvalue weighted by Gasteiger charge is -2.46. The first-order chi connectivity index (χ1) is 40.1. The number of hydrogen-bond acceptors (Lipinski definition) is 13. The van der Waals surface area contributed by atoms with Gasteiger partial charge in [-0.15, -0.1) is 0 Å². The summed E-state index contributed by atoms with van der Waals surface area (Å²) in [6.45, 7) is 2.55.